The minimum atomic E-state index is -4.63. The number of urea groups is 1. The van der Waals surface area contributed by atoms with Gasteiger partial charge in [0.05, 0.1) is 23.6 Å². The third-order valence-electron chi connectivity index (χ3n) is 6.08. The highest BCUT2D eigenvalue weighted by molar-refractivity contribution is 5.89. The first-order chi connectivity index (χ1) is 15.5. The van der Waals surface area contributed by atoms with Crippen LogP contribution in [0.1, 0.15) is 25.3 Å². The highest BCUT2D eigenvalue weighted by atomic mass is 19.4. The van der Waals surface area contributed by atoms with E-state index < -0.39 is 29.0 Å². The van der Waals surface area contributed by atoms with Gasteiger partial charge in [-0.1, -0.05) is 0 Å². The maximum absolute atomic E-state index is 13.1. The molecule has 1 fully saturated rings. The number of hydrogen-bond acceptors (Lipinski definition) is 5. The van der Waals surface area contributed by atoms with Crippen LogP contribution in [0.25, 0.3) is 11.0 Å². The number of piperidine rings is 1. The largest absolute Gasteiger partial charge is 0.417 e. The Kier molecular flexibility index (Phi) is 5.76. The molecule has 4 heterocycles. The molecule has 3 aromatic rings. The summed E-state index contributed by atoms with van der Waals surface area (Å²) < 4.78 is 40.1. The van der Waals surface area contributed by atoms with Crippen LogP contribution < -0.4 is 15.8 Å². The van der Waals surface area contributed by atoms with Gasteiger partial charge in [0.1, 0.15) is 5.69 Å². The molecular formula is C21H24F3N7O2. The van der Waals surface area contributed by atoms with Crippen LogP contribution in [0.15, 0.2) is 35.5 Å². The fraction of sp³-hybridized carbons (Fsp3) is 0.429. The van der Waals surface area contributed by atoms with Crippen molar-refractivity contribution in [2.45, 2.75) is 38.0 Å². The van der Waals surface area contributed by atoms with Gasteiger partial charge in [-0.05, 0) is 31.9 Å². The zero-order chi connectivity index (χ0) is 23.9. The average Bonchev–Trinajstić information content (AvgIpc) is 3.23. The molecular weight excluding hydrogens is 439 g/mol. The summed E-state index contributed by atoms with van der Waals surface area (Å²) in [7, 11) is 2.80. The second-order valence-corrected chi connectivity index (χ2v) is 8.32. The normalized spacial score (nSPS) is 19.0. The highest BCUT2D eigenvalue weighted by Crippen LogP contribution is 2.30. The Morgan fingerprint density at radius 3 is 2.76 bits per heavy atom. The highest BCUT2D eigenvalue weighted by Gasteiger charge is 2.33. The Morgan fingerprint density at radius 2 is 2.06 bits per heavy atom. The fourth-order valence-corrected chi connectivity index (χ4v) is 4.19. The molecule has 3 aromatic heterocycles. The van der Waals surface area contributed by atoms with Crippen molar-refractivity contribution >= 4 is 28.4 Å². The first-order valence-corrected chi connectivity index (χ1v) is 10.4. The predicted molar refractivity (Wildman–Crippen MR) is 117 cm³/mol. The van der Waals surface area contributed by atoms with Gasteiger partial charge in [0.2, 0.25) is 0 Å². The number of halogens is 3. The molecule has 1 aliphatic heterocycles. The Balaban J connectivity index is 1.45. The number of hydrogen-bond donors (Lipinski definition) is 2. The van der Waals surface area contributed by atoms with Crippen LogP contribution in [0.3, 0.4) is 0 Å². The van der Waals surface area contributed by atoms with Gasteiger partial charge in [-0.25, -0.2) is 9.78 Å². The summed E-state index contributed by atoms with van der Waals surface area (Å²) in [5, 5.41) is 10.1. The van der Waals surface area contributed by atoms with Crippen molar-refractivity contribution in [2.24, 2.45) is 7.05 Å². The van der Waals surface area contributed by atoms with Gasteiger partial charge in [0.25, 0.3) is 5.56 Å². The summed E-state index contributed by atoms with van der Waals surface area (Å²) in [6.07, 6.45) is 0.852. The summed E-state index contributed by atoms with van der Waals surface area (Å²) in [5.41, 5.74) is -0.468. The molecule has 1 aliphatic rings. The van der Waals surface area contributed by atoms with E-state index in [1.165, 1.54) is 11.9 Å². The third-order valence-corrected chi connectivity index (χ3v) is 6.08. The van der Waals surface area contributed by atoms with Gasteiger partial charge >= 0.3 is 12.2 Å². The van der Waals surface area contributed by atoms with E-state index in [9.17, 15) is 22.8 Å². The second-order valence-electron chi connectivity index (χ2n) is 8.32. The molecule has 2 atom stereocenters. The van der Waals surface area contributed by atoms with Crippen LogP contribution >= 0.6 is 0 Å². The van der Waals surface area contributed by atoms with Crippen LogP contribution in [0.5, 0.6) is 0 Å². The SMILES string of the molecule is CC1CC(N(C)C(=O)Nc2cc(C(F)(F)F)cn(C)c2=O)CCN1c1cnc2[nH]ncc2c1. The molecule has 0 aliphatic carbocycles. The summed E-state index contributed by atoms with van der Waals surface area (Å²) in [4.78, 5) is 33.0. The van der Waals surface area contributed by atoms with Crippen molar-refractivity contribution in [3.8, 4) is 0 Å². The lowest BCUT2D eigenvalue weighted by molar-refractivity contribution is -0.138. The molecule has 2 N–H and O–H groups in total. The maximum atomic E-state index is 13.1. The van der Waals surface area contributed by atoms with E-state index in [1.54, 1.807) is 19.4 Å². The first-order valence-electron chi connectivity index (χ1n) is 10.4. The van der Waals surface area contributed by atoms with Gasteiger partial charge in [0.15, 0.2) is 5.65 Å². The van der Waals surface area contributed by atoms with E-state index in [0.29, 0.717) is 37.3 Å². The molecule has 12 heteroatoms. The lowest BCUT2D eigenvalue weighted by Gasteiger charge is -2.42. The molecule has 0 bridgehead atoms. The number of anilines is 2. The molecule has 0 radical (unpaired) electrons. The number of rotatable bonds is 3. The molecule has 176 valence electrons. The van der Waals surface area contributed by atoms with Crippen molar-refractivity contribution in [3.63, 3.8) is 0 Å². The maximum Gasteiger partial charge on any atom is 0.417 e. The van der Waals surface area contributed by atoms with Crippen LogP contribution in [0, 0.1) is 0 Å². The van der Waals surface area contributed by atoms with Crippen LogP contribution in [-0.2, 0) is 13.2 Å². The molecule has 1 saturated heterocycles. The van der Waals surface area contributed by atoms with Gasteiger partial charge < -0.3 is 19.7 Å². The van der Waals surface area contributed by atoms with Crippen molar-refractivity contribution in [1.82, 2.24) is 24.6 Å². The number of alkyl halides is 3. The first kappa shape index (κ1) is 22.6. The van der Waals surface area contributed by atoms with Crippen molar-refractivity contribution in [2.75, 3.05) is 23.8 Å². The van der Waals surface area contributed by atoms with E-state index in [0.717, 1.165) is 15.6 Å². The predicted octanol–water partition coefficient (Wildman–Crippen LogP) is 3.20. The van der Waals surface area contributed by atoms with Crippen LogP contribution in [0.4, 0.5) is 29.3 Å². The zero-order valence-electron chi connectivity index (χ0n) is 18.3. The summed E-state index contributed by atoms with van der Waals surface area (Å²) in [5.74, 6) is 0. The number of carbonyl (C=O) groups is 1. The lowest BCUT2D eigenvalue weighted by Crippen LogP contribution is -2.50. The van der Waals surface area contributed by atoms with Crippen LogP contribution in [-0.4, -0.2) is 56.4 Å². The Hall–Kier alpha value is -3.57. The fourth-order valence-electron chi connectivity index (χ4n) is 4.19. The van der Waals surface area contributed by atoms with E-state index in [4.69, 9.17) is 0 Å². The zero-order valence-corrected chi connectivity index (χ0v) is 18.3. The molecule has 9 nitrogen and oxygen atoms in total. The number of H-pyrrole nitrogens is 1. The van der Waals surface area contributed by atoms with Crippen molar-refractivity contribution < 1.29 is 18.0 Å². The second kappa shape index (κ2) is 8.41. The monoisotopic (exact) mass is 463 g/mol. The Bertz CT molecular complexity index is 1240. The number of pyridine rings is 2. The average molecular weight is 463 g/mol. The molecule has 2 amide bonds. The van der Waals surface area contributed by atoms with Gasteiger partial charge in [0, 0.05) is 44.3 Å². The van der Waals surface area contributed by atoms with Gasteiger partial charge in [-0.2, -0.15) is 18.3 Å². The van der Waals surface area contributed by atoms with E-state index >= 15 is 0 Å². The van der Waals surface area contributed by atoms with Crippen molar-refractivity contribution in [1.29, 1.82) is 0 Å². The molecule has 2 unspecified atom stereocenters. The molecule has 0 saturated carbocycles. The summed E-state index contributed by atoms with van der Waals surface area (Å²) in [6, 6.07) is 1.99. The number of nitrogens with one attached hydrogen (secondary N) is 2. The number of aryl methyl sites for hydroxylation is 1. The molecule has 0 spiro atoms. The topological polar surface area (TPSA) is 99.1 Å². The summed E-state index contributed by atoms with van der Waals surface area (Å²) in [6.45, 7) is 2.71. The lowest BCUT2D eigenvalue weighted by atomic mass is 9.96. The smallest absolute Gasteiger partial charge is 0.367 e. The quantitative estimate of drug-likeness (QED) is 0.622. The number of aromatic amines is 1. The van der Waals surface area contributed by atoms with Gasteiger partial charge in [-0.3, -0.25) is 9.89 Å². The Morgan fingerprint density at radius 1 is 1.30 bits per heavy atom. The minimum absolute atomic E-state index is 0.0894. The standard InChI is InChI=1S/C21H24F3N7O2/c1-12-6-15(4-5-31(12)16-7-13-9-26-28-18(13)25-10-16)30(3)20(33)27-17-8-14(21(22,23)24)11-29(2)19(17)32/h7-12,15H,4-6H2,1-3H3,(H,27,33)(H,25,26,28). The van der Waals surface area contributed by atoms with Gasteiger partial charge in [-0.15, -0.1) is 0 Å². The molecule has 0 aromatic carbocycles. The Labute approximate surface area is 187 Å². The molecule has 33 heavy (non-hydrogen) atoms. The molecule has 4 rings (SSSR count). The minimum Gasteiger partial charge on any atom is -0.367 e. The van der Waals surface area contributed by atoms with E-state index in [1.807, 2.05) is 13.0 Å². The third kappa shape index (κ3) is 4.50. The van der Waals surface area contributed by atoms with Crippen molar-refractivity contribution in [3.05, 3.63) is 46.6 Å². The number of aromatic nitrogens is 4. The van der Waals surface area contributed by atoms with Crippen LogP contribution in [0.2, 0.25) is 0 Å². The number of nitrogens with zero attached hydrogens (tertiary/aromatic N) is 5. The number of amides is 2. The summed E-state index contributed by atoms with van der Waals surface area (Å²) >= 11 is 0. The number of carbonyl (C=O) groups excluding carboxylic acids is 1. The van der Waals surface area contributed by atoms with E-state index in [2.05, 4.69) is 25.4 Å². The number of fused-ring (bicyclic) bond motifs is 1. The van der Waals surface area contributed by atoms with E-state index in [-0.39, 0.29) is 12.1 Å².